The van der Waals surface area contributed by atoms with Crippen molar-refractivity contribution in [2.24, 2.45) is 0 Å². The Morgan fingerprint density at radius 1 is 1.00 bits per heavy atom. The summed E-state index contributed by atoms with van der Waals surface area (Å²) < 4.78 is 0. The van der Waals surface area contributed by atoms with Crippen molar-refractivity contribution in [3.63, 3.8) is 0 Å². The van der Waals surface area contributed by atoms with Crippen LogP contribution in [0.2, 0.25) is 0 Å². The number of hydrogen-bond acceptors (Lipinski definition) is 4. The number of nitrogens with zero attached hydrogens (tertiary/aromatic N) is 1. The summed E-state index contributed by atoms with van der Waals surface area (Å²) in [5.74, 6) is -0.959. The average molecular weight is 322 g/mol. The Morgan fingerprint density at radius 2 is 1.62 bits per heavy atom. The van der Waals surface area contributed by atoms with E-state index in [9.17, 15) is 4.79 Å². The van der Waals surface area contributed by atoms with Gasteiger partial charge in [0.25, 0.3) is 0 Å². The summed E-state index contributed by atoms with van der Waals surface area (Å²) in [7, 11) is 0. The molecule has 0 aliphatic heterocycles. The maximum atomic E-state index is 10.0. The molecule has 6 N–H and O–H groups in total. The smallest absolute Gasteiger partial charge is 0.338 e. The Morgan fingerprint density at radius 3 is 2.12 bits per heavy atom. The Hall–Kier alpha value is -3.54. The first-order valence-corrected chi connectivity index (χ1v) is 7.16. The lowest BCUT2D eigenvalue weighted by molar-refractivity contribution is 0.0697. The fraction of sp³-hybridized carbons (Fsp3) is 0. The maximum Gasteiger partial charge on any atom is 0.338 e. The number of carboxylic acid groups (broad SMARTS) is 1. The standard InChI is InChI=1S/C14H14N2.C4H4N2O2/c15-13-8-12(9-14(16)10-13)7-6-11-4-2-1-3-5-11;7-4(8)3-1-5-6-2-3/h1-10H,15-16H2;1-2H,(H,5,6)(H,7,8). The number of aromatic nitrogens is 2. The van der Waals surface area contributed by atoms with Crippen LogP contribution in [0.5, 0.6) is 0 Å². The van der Waals surface area contributed by atoms with E-state index in [-0.39, 0.29) is 5.56 Å². The second-order valence-electron chi connectivity index (χ2n) is 4.97. The molecule has 1 heterocycles. The number of nitrogens with one attached hydrogen (secondary N) is 1. The highest BCUT2D eigenvalue weighted by Gasteiger charge is 1.99. The number of aromatic amines is 1. The fourth-order valence-electron chi connectivity index (χ4n) is 1.92. The molecule has 0 saturated heterocycles. The molecule has 0 aliphatic carbocycles. The van der Waals surface area contributed by atoms with Crippen molar-refractivity contribution in [3.8, 4) is 0 Å². The van der Waals surface area contributed by atoms with Gasteiger partial charge < -0.3 is 16.6 Å². The van der Waals surface area contributed by atoms with Crippen LogP contribution in [-0.2, 0) is 0 Å². The topological polar surface area (TPSA) is 118 Å². The van der Waals surface area contributed by atoms with Crippen LogP contribution in [0.3, 0.4) is 0 Å². The maximum absolute atomic E-state index is 10.0. The van der Waals surface area contributed by atoms with Gasteiger partial charge in [-0.2, -0.15) is 5.10 Å². The van der Waals surface area contributed by atoms with E-state index in [1.807, 2.05) is 54.6 Å². The van der Waals surface area contributed by atoms with Crippen molar-refractivity contribution in [1.29, 1.82) is 0 Å². The fourth-order valence-corrected chi connectivity index (χ4v) is 1.92. The number of aromatic carboxylic acids is 1. The summed E-state index contributed by atoms with van der Waals surface area (Å²) >= 11 is 0. The predicted octanol–water partition coefficient (Wildman–Crippen LogP) is 3.13. The second kappa shape index (κ2) is 8.19. The lowest BCUT2D eigenvalue weighted by Crippen LogP contribution is -1.91. The minimum atomic E-state index is -0.959. The number of anilines is 2. The first kappa shape index (κ1) is 16.8. The van der Waals surface area contributed by atoms with Crippen LogP contribution >= 0.6 is 0 Å². The summed E-state index contributed by atoms with van der Waals surface area (Å²) in [4.78, 5) is 10.0. The molecule has 0 atom stereocenters. The van der Waals surface area contributed by atoms with Crippen molar-refractivity contribution in [3.05, 3.63) is 77.6 Å². The zero-order valence-electron chi connectivity index (χ0n) is 12.9. The lowest BCUT2D eigenvalue weighted by Gasteiger charge is -1.99. The van der Waals surface area contributed by atoms with Crippen LogP contribution in [0.4, 0.5) is 11.4 Å². The summed E-state index contributed by atoms with van der Waals surface area (Å²) in [5.41, 5.74) is 15.2. The number of carbonyl (C=O) groups is 1. The van der Waals surface area contributed by atoms with E-state index < -0.39 is 5.97 Å². The molecule has 6 heteroatoms. The largest absolute Gasteiger partial charge is 0.478 e. The van der Waals surface area contributed by atoms with E-state index >= 15 is 0 Å². The molecular formula is C18H18N4O2. The molecule has 122 valence electrons. The summed E-state index contributed by atoms with van der Waals surface area (Å²) in [6.45, 7) is 0. The van der Waals surface area contributed by atoms with E-state index in [0.717, 1.165) is 11.1 Å². The van der Waals surface area contributed by atoms with Gasteiger partial charge in [-0.25, -0.2) is 4.79 Å². The predicted molar refractivity (Wildman–Crippen MR) is 96.2 cm³/mol. The molecule has 0 saturated carbocycles. The normalized spacial score (nSPS) is 10.2. The van der Waals surface area contributed by atoms with E-state index in [2.05, 4.69) is 10.2 Å². The van der Waals surface area contributed by atoms with Crippen molar-refractivity contribution in [2.75, 3.05) is 11.5 Å². The lowest BCUT2D eigenvalue weighted by atomic mass is 10.1. The molecule has 3 rings (SSSR count). The molecule has 0 unspecified atom stereocenters. The Kier molecular flexibility index (Phi) is 5.74. The SMILES string of the molecule is Nc1cc(N)cc(C=Cc2ccccc2)c1.O=C(O)c1cn[nH]c1. The number of carboxylic acids is 1. The number of H-pyrrole nitrogens is 1. The van der Waals surface area contributed by atoms with E-state index in [1.54, 1.807) is 6.07 Å². The number of hydrogen-bond donors (Lipinski definition) is 4. The molecule has 0 spiro atoms. The third-order valence-corrected chi connectivity index (χ3v) is 3.01. The molecule has 0 fully saturated rings. The highest BCUT2D eigenvalue weighted by Crippen LogP contribution is 2.16. The molecule has 24 heavy (non-hydrogen) atoms. The van der Waals surface area contributed by atoms with Gasteiger partial charge in [-0.05, 0) is 29.3 Å². The summed E-state index contributed by atoms with van der Waals surface area (Å²) in [6.07, 6.45) is 6.61. The zero-order valence-corrected chi connectivity index (χ0v) is 12.9. The molecule has 6 nitrogen and oxygen atoms in total. The minimum Gasteiger partial charge on any atom is -0.478 e. The summed E-state index contributed by atoms with van der Waals surface area (Å²) in [6, 6.07) is 15.7. The molecule has 2 aromatic carbocycles. The van der Waals surface area contributed by atoms with Crippen LogP contribution in [0.25, 0.3) is 12.2 Å². The van der Waals surface area contributed by atoms with Crippen molar-refractivity contribution >= 4 is 29.5 Å². The van der Waals surface area contributed by atoms with Gasteiger partial charge in [0.2, 0.25) is 0 Å². The molecule has 1 aromatic heterocycles. The highest BCUT2D eigenvalue weighted by molar-refractivity contribution is 5.86. The van der Waals surface area contributed by atoms with Gasteiger partial charge >= 0.3 is 5.97 Å². The zero-order chi connectivity index (χ0) is 17.4. The molecule has 0 amide bonds. The van der Waals surface area contributed by atoms with Gasteiger partial charge in [0.05, 0.1) is 11.8 Å². The first-order valence-electron chi connectivity index (χ1n) is 7.16. The third-order valence-electron chi connectivity index (χ3n) is 3.01. The van der Waals surface area contributed by atoms with Gasteiger partial charge in [0, 0.05) is 17.6 Å². The quantitative estimate of drug-likeness (QED) is 0.436. The van der Waals surface area contributed by atoms with Crippen LogP contribution < -0.4 is 11.5 Å². The van der Waals surface area contributed by atoms with Gasteiger partial charge in [-0.1, -0.05) is 42.5 Å². The third kappa shape index (κ3) is 5.34. The molecule has 3 aromatic rings. The van der Waals surface area contributed by atoms with Gasteiger partial charge in [0.15, 0.2) is 0 Å². The van der Waals surface area contributed by atoms with Crippen molar-refractivity contribution in [1.82, 2.24) is 10.2 Å². The van der Waals surface area contributed by atoms with E-state index in [0.29, 0.717) is 11.4 Å². The number of benzene rings is 2. The van der Waals surface area contributed by atoms with Crippen LogP contribution in [0.1, 0.15) is 21.5 Å². The Bertz CT molecular complexity index is 792. The van der Waals surface area contributed by atoms with E-state index in [4.69, 9.17) is 16.6 Å². The van der Waals surface area contributed by atoms with Crippen LogP contribution in [0, 0.1) is 0 Å². The van der Waals surface area contributed by atoms with Crippen LogP contribution in [-0.4, -0.2) is 21.3 Å². The molecular weight excluding hydrogens is 304 g/mol. The Balaban J connectivity index is 0.000000219. The number of nitrogen functional groups attached to an aromatic ring is 2. The van der Waals surface area contributed by atoms with Crippen LogP contribution in [0.15, 0.2) is 60.9 Å². The molecule has 0 aliphatic rings. The number of nitrogens with two attached hydrogens (primary N) is 2. The molecule has 0 bridgehead atoms. The first-order chi connectivity index (χ1) is 11.5. The Labute approximate surface area is 139 Å². The van der Waals surface area contributed by atoms with E-state index in [1.165, 1.54) is 12.4 Å². The summed E-state index contributed by atoms with van der Waals surface area (Å²) in [5, 5.41) is 14.0. The van der Waals surface area contributed by atoms with Crippen molar-refractivity contribution < 1.29 is 9.90 Å². The molecule has 0 radical (unpaired) electrons. The van der Waals surface area contributed by atoms with Gasteiger partial charge in [-0.3, -0.25) is 5.10 Å². The van der Waals surface area contributed by atoms with Gasteiger partial charge in [-0.15, -0.1) is 0 Å². The second-order valence-corrected chi connectivity index (χ2v) is 4.97. The van der Waals surface area contributed by atoms with Crippen molar-refractivity contribution in [2.45, 2.75) is 0 Å². The number of rotatable bonds is 3. The average Bonchev–Trinajstić information content (AvgIpc) is 3.08. The van der Waals surface area contributed by atoms with Gasteiger partial charge in [0.1, 0.15) is 0 Å². The highest BCUT2D eigenvalue weighted by atomic mass is 16.4. The monoisotopic (exact) mass is 322 g/mol. The minimum absolute atomic E-state index is 0.185.